The zero-order valence-corrected chi connectivity index (χ0v) is 15.5. The van der Waals surface area contributed by atoms with Crippen LogP contribution >= 0.6 is 0 Å². The van der Waals surface area contributed by atoms with Crippen molar-refractivity contribution < 1.29 is 0 Å². The van der Waals surface area contributed by atoms with Crippen molar-refractivity contribution in [3.05, 3.63) is 64.7 Å². The van der Waals surface area contributed by atoms with Crippen LogP contribution < -0.4 is 5.32 Å². The number of nitrogens with one attached hydrogen (secondary N) is 1. The zero-order valence-electron chi connectivity index (χ0n) is 15.5. The van der Waals surface area contributed by atoms with Crippen molar-refractivity contribution in [1.82, 2.24) is 0 Å². The summed E-state index contributed by atoms with van der Waals surface area (Å²) in [7, 11) is 0. The van der Waals surface area contributed by atoms with Gasteiger partial charge in [0, 0.05) is 11.1 Å². The molecule has 0 saturated heterocycles. The molecule has 1 N–H and O–H groups in total. The van der Waals surface area contributed by atoms with Crippen LogP contribution in [0.5, 0.6) is 0 Å². The first-order chi connectivity index (χ1) is 10.6. The number of fused-ring (bicyclic) bond motifs is 1. The van der Waals surface area contributed by atoms with Crippen LogP contribution in [-0.4, -0.2) is 0 Å². The number of hydrogen-bond donors (Lipinski definition) is 1. The van der Waals surface area contributed by atoms with Crippen molar-refractivity contribution in [1.29, 1.82) is 0 Å². The summed E-state index contributed by atoms with van der Waals surface area (Å²) in [6.45, 7) is 16.3. The summed E-state index contributed by atoms with van der Waals surface area (Å²) in [6, 6.07) is 15.6. The maximum Gasteiger partial charge on any atom is 0.0765 e. The standard InChI is InChI=1S/C22H29N/c1-15-13-16(2)19-18(14-15)21(6,7)22(23-19,20(3,4)5)17-11-9-8-10-12-17/h8-14,23H,1-7H3. The first kappa shape index (κ1) is 16.1. The first-order valence-corrected chi connectivity index (χ1v) is 8.57. The second kappa shape index (κ2) is 4.87. The molecule has 0 aromatic heterocycles. The molecule has 23 heavy (non-hydrogen) atoms. The van der Waals surface area contributed by atoms with Gasteiger partial charge in [-0.15, -0.1) is 0 Å². The van der Waals surface area contributed by atoms with Crippen molar-refractivity contribution in [2.45, 2.75) is 59.4 Å². The van der Waals surface area contributed by atoms with Gasteiger partial charge < -0.3 is 5.32 Å². The Morgan fingerprint density at radius 2 is 1.52 bits per heavy atom. The molecule has 3 rings (SSSR count). The molecule has 1 aliphatic rings. The minimum atomic E-state index is -0.137. The van der Waals surface area contributed by atoms with Gasteiger partial charge in [-0.2, -0.15) is 0 Å². The lowest BCUT2D eigenvalue weighted by Gasteiger charge is -2.51. The summed E-state index contributed by atoms with van der Waals surface area (Å²) >= 11 is 0. The van der Waals surface area contributed by atoms with E-state index in [1.165, 1.54) is 27.9 Å². The van der Waals surface area contributed by atoms with E-state index in [1.54, 1.807) is 0 Å². The fourth-order valence-electron chi connectivity index (χ4n) is 4.85. The Morgan fingerprint density at radius 3 is 2.09 bits per heavy atom. The van der Waals surface area contributed by atoms with Crippen molar-refractivity contribution in [2.75, 3.05) is 5.32 Å². The Morgan fingerprint density at radius 1 is 0.913 bits per heavy atom. The molecule has 0 saturated carbocycles. The Bertz CT molecular complexity index is 735. The van der Waals surface area contributed by atoms with Crippen molar-refractivity contribution >= 4 is 5.69 Å². The summed E-state index contributed by atoms with van der Waals surface area (Å²) in [5.74, 6) is 0. The molecule has 1 heteroatoms. The van der Waals surface area contributed by atoms with Crippen LogP contribution in [0.25, 0.3) is 0 Å². The number of aryl methyl sites for hydroxylation is 2. The Labute approximate surface area is 141 Å². The number of hydrogen-bond acceptors (Lipinski definition) is 1. The smallest absolute Gasteiger partial charge is 0.0765 e. The lowest BCUT2D eigenvalue weighted by atomic mass is 9.56. The molecule has 0 radical (unpaired) electrons. The zero-order chi connectivity index (χ0) is 17.0. The van der Waals surface area contributed by atoms with Crippen molar-refractivity contribution in [2.24, 2.45) is 5.41 Å². The van der Waals surface area contributed by atoms with Gasteiger partial charge >= 0.3 is 0 Å². The topological polar surface area (TPSA) is 12.0 Å². The van der Waals surface area contributed by atoms with Gasteiger partial charge in [0.05, 0.1) is 5.54 Å². The summed E-state index contributed by atoms with van der Waals surface area (Å²) in [5.41, 5.74) is 6.74. The third-order valence-corrected chi connectivity index (χ3v) is 5.74. The van der Waals surface area contributed by atoms with E-state index in [4.69, 9.17) is 0 Å². The van der Waals surface area contributed by atoms with E-state index in [2.05, 4.69) is 96.2 Å². The van der Waals surface area contributed by atoms with E-state index in [1.807, 2.05) is 0 Å². The van der Waals surface area contributed by atoms with Crippen LogP contribution in [-0.2, 0) is 11.0 Å². The van der Waals surface area contributed by atoms with Crippen LogP contribution in [0.4, 0.5) is 5.69 Å². The molecule has 122 valence electrons. The van der Waals surface area contributed by atoms with E-state index >= 15 is 0 Å². The SMILES string of the molecule is Cc1cc(C)c2c(c1)C(C)(C)C(c1ccccc1)(C(C)(C)C)N2. The molecule has 0 amide bonds. The highest BCUT2D eigenvalue weighted by Gasteiger charge is 2.59. The summed E-state index contributed by atoms with van der Waals surface area (Å²) < 4.78 is 0. The van der Waals surface area contributed by atoms with Crippen LogP contribution in [0.2, 0.25) is 0 Å². The van der Waals surface area contributed by atoms with E-state index < -0.39 is 0 Å². The third-order valence-electron chi connectivity index (χ3n) is 5.74. The number of benzene rings is 2. The van der Waals surface area contributed by atoms with Crippen LogP contribution in [0, 0.1) is 19.3 Å². The van der Waals surface area contributed by atoms with E-state index in [0.717, 1.165) is 0 Å². The molecule has 1 aliphatic heterocycles. The molecule has 1 atom stereocenters. The molecular weight excluding hydrogens is 278 g/mol. The third kappa shape index (κ3) is 2.06. The summed E-state index contributed by atoms with van der Waals surface area (Å²) in [5, 5.41) is 3.99. The Balaban J connectivity index is 2.35. The van der Waals surface area contributed by atoms with Gasteiger partial charge in [0.25, 0.3) is 0 Å². The molecule has 1 unspecified atom stereocenters. The minimum Gasteiger partial charge on any atom is -0.374 e. The van der Waals surface area contributed by atoms with Crippen LogP contribution in [0.1, 0.15) is 56.9 Å². The van der Waals surface area contributed by atoms with Crippen LogP contribution in [0.15, 0.2) is 42.5 Å². The average molecular weight is 307 g/mol. The summed E-state index contributed by atoms with van der Waals surface area (Å²) in [6.07, 6.45) is 0. The van der Waals surface area contributed by atoms with Gasteiger partial charge in [-0.05, 0) is 36.0 Å². The molecular formula is C22H29N. The lowest BCUT2D eigenvalue weighted by Crippen LogP contribution is -2.55. The number of anilines is 1. The van der Waals surface area contributed by atoms with Gasteiger partial charge in [0.15, 0.2) is 0 Å². The maximum absolute atomic E-state index is 3.99. The highest BCUT2D eigenvalue weighted by atomic mass is 15.1. The highest BCUT2D eigenvalue weighted by Crippen LogP contribution is 2.60. The normalized spacial score (nSPS) is 22.6. The molecule has 0 spiro atoms. The maximum atomic E-state index is 3.99. The van der Waals surface area contributed by atoms with Gasteiger partial charge in [-0.25, -0.2) is 0 Å². The van der Waals surface area contributed by atoms with Crippen LogP contribution in [0.3, 0.4) is 0 Å². The molecule has 1 nitrogen and oxygen atoms in total. The minimum absolute atomic E-state index is 0.00127. The van der Waals surface area contributed by atoms with Gasteiger partial charge in [0.2, 0.25) is 0 Å². The lowest BCUT2D eigenvalue weighted by molar-refractivity contribution is 0.134. The molecule has 1 heterocycles. The fourth-order valence-corrected chi connectivity index (χ4v) is 4.85. The second-order valence-corrected chi connectivity index (χ2v) is 8.62. The van der Waals surface area contributed by atoms with Crippen molar-refractivity contribution in [3.63, 3.8) is 0 Å². The quantitative estimate of drug-likeness (QED) is 0.686. The molecule has 2 aromatic carbocycles. The van der Waals surface area contributed by atoms with Gasteiger partial charge in [0.1, 0.15) is 0 Å². The number of rotatable bonds is 1. The van der Waals surface area contributed by atoms with E-state index in [-0.39, 0.29) is 16.4 Å². The molecule has 0 fully saturated rings. The predicted molar refractivity (Wildman–Crippen MR) is 100 cm³/mol. The van der Waals surface area contributed by atoms with Gasteiger partial charge in [-0.3, -0.25) is 0 Å². The largest absolute Gasteiger partial charge is 0.374 e. The van der Waals surface area contributed by atoms with E-state index in [9.17, 15) is 0 Å². The predicted octanol–water partition coefficient (Wildman–Crippen LogP) is 5.95. The Hall–Kier alpha value is -1.76. The average Bonchev–Trinajstić information content (AvgIpc) is 2.69. The molecule has 0 aliphatic carbocycles. The van der Waals surface area contributed by atoms with Gasteiger partial charge in [-0.1, -0.05) is 82.6 Å². The monoisotopic (exact) mass is 307 g/mol. The second-order valence-electron chi connectivity index (χ2n) is 8.62. The van der Waals surface area contributed by atoms with E-state index in [0.29, 0.717) is 0 Å². The summed E-state index contributed by atoms with van der Waals surface area (Å²) in [4.78, 5) is 0. The highest BCUT2D eigenvalue weighted by molar-refractivity contribution is 5.71. The molecule has 0 bridgehead atoms. The van der Waals surface area contributed by atoms with Crippen molar-refractivity contribution in [3.8, 4) is 0 Å². The molecule has 2 aromatic rings. The first-order valence-electron chi connectivity index (χ1n) is 8.57. The fraction of sp³-hybridized carbons (Fsp3) is 0.455. The Kier molecular flexibility index (Phi) is 3.41.